The zero-order valence-corrected chi connectivity index (χ0v) is 10.4. The van der Waals surface area contributed by atoms with Crippen molar-refractivity contribution in [1.82, 2.24) is 0 Å². The molecule has 0 aromatic heterocycles. The first-order valence-electron chi connectivity index (χ1n) is 5.71. The summed E-state index contributed by atoms with van der Waals surface area (Å²) < 4.78 is 5.36. The summed E-state index contributed by atoms with van der Waals surface area (Å²) in [6, 6.07) is 6.24. The molecule has 0 aliphatic rings. The minimum atomic E-state index is 0.745. The van der Waals surface area contributed by atoms with E-state index in [-0.39, 0.29) is 0 Å². The predicted octanol–water partition coefficient (Wildman–Crippen LogP) is 3.15. The number of hydrogen-bond acceptors (Lipinski definition) is 2. The summed E-state index contributed by atoms with van der Waals surface area (Å²) in [5.74, 6) is 0.937. The molecule has 16 heavy (non-hydrogen) atoms. The molecule has 0 aliphatic carbocycles. The molecule has 2 nitrogen and oxygen atoms in total. The van der Waals surface area contributed by atoms with Crippen LogP contribution in [0.4, 0.5) is 0 Å². The minimum absolute atomic E-state index is 0.745. The number of hydrogen-bond donors (Lipinski definition) is 1. The Balaban J connectivity index is 2.92. The van der Waals surface area contributed by atoms with Crippen LogP contribution in [0.5, 0.6) is 5.75 Å². The van der Waals surface area contributed by atoms with Gasteiger partial charge in [0.25, 0.3) is 0 Å². The molecule has 0 saturated heterocycles. The van der Waals surface area contributed by atoms with Gasteiger partial charge in [-0.2, -0.15) is 0 Å². The Morgan fingerprint density at radius 1 is 1.44 bits per heavy atom. The molecule has 0 aliphatic heterocycles. The summed E-state index contributed by atoms with van der Waals surface area (Å²) in [5.41, 5.74) is 9.17. The van der Waals surface area contributed by atoms with Crippen LogP contribution in [0.3, 0.4) is 0 Å². The first-order chi connectivity index (χ1) is 7.69. The van der Waals surface area contributed by atoms with Crippen molar-refractivity contribution in [3.8, 4) is 5.75 Å². The van der Waals surface area contributed by atoms with Gasteiger partial charge in [-0.1, -0.05) is 17.7 Å². The number of unbranched alkanes of at least 4 members (excludes halogenated alkanes) is 1. The third-order valence-corrected chi connectivity index (χ3v) is 2.64. The molecule has 2 heteroatoms. The van der Waals surface area contributed by atoms with Crippen molar-refractivity contribution in [1.29, 1.82) is 0 Å². The fraction of sp³-hybridized carbons (Fsp3) is 0.429. The second-order valence-corrected chi connectivity index (χ2v) is 4.02. The molecule has 0 atom stereocenters. The molecular formula is C14H21NO. The monoisotopic (exact) mass is 219 g/mol. The van der Waals surface area contributed by atoms with Crippen molar-refractivity contribution in [2.24, 2.45) is 5.73 Å². The molecule has 0 heterocycles. The number of rotatable bonds is 5. The average molecular weight is 219 g/mol. The Hall–Kier alpha value is -1.28. The smallest absolute Gasteiger partial charge is 0.126 e. The maximum absolute atomic E-state index is 5.48. The van der Waals surface area contributed by atoms with Crippen molar-refractivity contribution < 1.29 is 4.74 Å². The number of allylic oxidation sites excluding steroid dienone is 2. The van der Waals surface area contributed by atoms with Gasteiger partial charge in [0.05, 0.1) is 7.11 Å². The predicted molar refractivity (Wildman–Crippen MR) is 69.7 cm³/mol. The maximum Gasteiger partial charge on any atom is 0.126 e. The van der Waals surface area contributed by atoms with Gasteiger partial charge in [-0.25, -0.2) is 0 Å². The van der Waals surface area contributed by atoms with Crippen molar-refractivity contribution in [3.63, 3.8) is 0 Å². The fourth-order valence-electron chi connectivity index (χ4n) is 1.68. The molecular weight excluding hydrogens is 198 g/mol. The first kappa shape index (κ1) is 12.8. The summed E-state index contributed by atoms with van der Waals surface area (Å²) in [4.78, 5) is 0. The number of benzene rings is 1. The van der Waals surface area contributed by atoms with Crippen LogP contribution in [0.15, 0.2) is 24.3 Å². The second-order valence-electron chi connectivity index (χ2n) is 4.02. The highest BCUT2D eigenvalue weighted by Gasteiger charge is 2.04. The van der Waals surface area contributed by atoms with Crippen LogP contribution < -0.4 is 10.5 Å². The van der Waals surface area contributed by atoms with Gasteiger partial charge >= 0.3 is 0 Å². The van der Waals surface area contributed by atoms with Crippen molar-refractivity contribution in [2.75, 3.05) is 13.7 Å². The van der Waals surface area contributed by atoms with Crippen molar-refractivity contribution in [3.05, 3.63) is 35.4 Å². The van der Waals surface area contributed by atoms with E-state index in [1.165, 1.54) is 16.7 Å². The van der Waals surface area contributed by atoms with E-state index in [9.17, 15) is 0 Å². The number of methoxy groups -OCH3 is 1. The van der Waals surface area contributed by atoms with Crippen LogP contribution in [0.1, 0.15) is 30.9 Å². The van der Waals surface area contributed by atoms with Gasteiger partial charge in [-0.3, -0.25) is 0 Å². The van der Waals surface area contributed by atoms with Crippen LogP contribution >= 0.6 is 0 Å². The molecule has 0 saturated carbocycles. The van der Waals surface area contributed by atoms with E-state index in [0.29, 0.717) is 0 Å². The Kier molecular flexibility index (Phi) is 5.06. The topological polar surface area (TPSA) is 35.2 Å². The van der Waals surface area contributed by atoms with E-state index in [1.54, 1.807) is 7.11 Å². The standard InChI is InChI=1S/C14H21NO/c1-11-7-8-14(16-3)13(10-11)12(2)6-4-5-9-15/h6-8,10H,4-5,9,15H2,1-3H3/b12-6+. The normalized spacial score (nSPS) is 11.6. The summed E-state index contributed by atoms with van der Waals surface area (Å²) in [6.07, 6.45) is 4.29. The highest BCUT2D eigenvalue weighted by Crippen LogP contribution is 2.27. The average Bonchev–Trinajstić information content (AvgIpc) is 2.29. The zero-order chi connectivity index (χ0) is 12.0. The van der Waals surface area contributed by atoms with Gasteiger partial charge in [-0.15, -0.1) is 0 Å². The van der Waals surface area contributed by atoms with E-state index >= 15 is 0 Å². The number of ether oxygens (including phenoxy) is 1. The first-order valence-corrected chi connectivity index (χ1v) is 5.71. The summed E-state index contributed by atoms with van der Waals surface area (Å²) >= 11 is 0. The Morgan fingerprint density at radius 2 is 2.19 bits per heavy atom. The SMILES string of the molecule is COc1ccc(C)cc1/C(C)=C/CCCN. The highest BCUT2D eigenvalue weighted by atomic mass is 16.5. The van der Waals surface area contributed by atoms with Crippen LogP contribution in [-0.4, -0.2) is 13.7 Å². The van der Waals surface area contributed by atoms with E-state index in [0.717, 1.165) is 25.1 Å². The Labute approximate surface area is 98.1 Å². The molecule has 1 aromatic rings. The summed E-state index contributed by atoms with van der Waals surface area (Å²) in [5, 5.41) is 0. The molecule has 0 amide bonds. The third kappa shape index (κ3) is 3.38. The lowest BCUT2D eigenvalue weighted by molar-refractivity contribution is 0.413. The van der Waals surface area contributed by atoms with Crippen molar-refractivity contribution >= 4 is 5.57 Å². The van der Waals surface area contributed by atoms with Crippen LogP contribution in [-0.2, 0) is 0 Å². The van der Waals surface area contributed by atoms with E-state index in [1.807, 2.05) is 6.07 Å². The fourth-order valence-corrected chi connectivity index (χ4v) is 1.68. The Bertz CT molecular complexity index is 369. The maximum atomic E-state index is 5.48. The Morgan fingerprint density at radius 3 is 2.81 bits per heavy atom. The molecule has 0 spiro atoms. The van der Waals surface area contributed by atoms with Crippen LogP contribution in [0.25, 0.3) is 5.57 Å². The van der Waals surface area contributed by atoms with E-state index in [2.05, 4.69) is 32.1 Å². The van der Waals surface area contributed by atoms with Gasteiger partial charge in [0.2, 0.25) is 0 Å². The van der Waals surface area contributed by atoms with Gasteiger partial charge in [0.1, 0.15) is 5.75 Å². The zero-order valence-electron chi connectivity index (χ0n) is 10.4. The molecule has 1 aromatic carbocycles. The van der Waals surface area contributed by atoms with Gasteiger partial charge < -0.3 is 10.5 Å². The highest BCUT2D eigenvalue weighted by molar-refractivity contribution is 5.69. The molecule has 0 fully saturated rings. The van der Waals surface area contributed by atoms with Gasteiger partial charge in [0.15, 0.2) is 0 Å². The number of aryl methyl sites for hydroxylation is 1. The van der Waals surface area contributed by atoms with E-state index in [4.69, 9.17) is 10.5 Å². The largest absolute Gasteiger partial charge is 0.496 e. The van der Waals surface area contributed by atoms with Crippen LogP contribution in [0, 0.1) is 6.92 Å². The summed E-state index contributed by atoms with van der Waals surface area (Å²) in [7, 11) is 1.71. The quantitative estimate of drug-likeness (QED) is 0.772. The molecule has 0 unspecified atom stereocenters. The molecule has 2 N–H and O–H groups in total. The lowest BCUT2D eigenvalue weighted by atomic mass is 10.0. The van der Waals surface area contributed by atoms with Crippen molar-refractivity contribution in [2.45, 2.75) is 26.7 Å². The van der Waals surface area contributed by atoms with E-state index < -0.39 is 0 Å². The summed E-state index contributed by atoms with van der Waals surface area (Å²) in [6.45, 7) is 4.96. The molecule has 0 radical (unpaired) electrons. The number of nitrogens with two attached hydrogens (primary N) is 1. The molecule has 1 rings (SSSR count). The minimum Gasteiger partial charge on any atom is -0.496 e. The third-order valence-electron chi connectivity index (χ3n) is 2.64. The molecule has 0 bridgehead atoms. The van der Waals surface area contributed by atoms with Gasteiger partial charge in [0, 0.05) is 5.56 Å². The van der Waals surface area contributed by atoms with Crippen LogP contribution in [0.2, 0.25) is 0 Å². The van der Waals surface area contributed by atoms with Gasteiger partial charge in [-0.05, 0) is 50.9 Å². The lowest BCUT2D eigenvalue weighted by Gasteiger charge is -2.10. The lowest BCUT2D eigenvalue weighted by Crippen LogP contribution is -1.97. The second kappa shape index (κ2) is 6.33. The molecule has 88 valence electrons.